The summed E-state index contributed by atoms with van der Waals surface area (Å²) in [5.74, 6) is -1.75. The van der Waals surface area contributed by atoms with E-state index in [1.54, 1.807) is 32.0 Å². The highest BCUT2D eigenvalue weighted by molar-refractivity contribution is 5.90. The first kappa shape index (κ1) is 25.3. The fraction of sp³-hybridized carbons (Fsp3) is 0.348. The van der Waals surface area contributed by atoms with Crippen molar-refractivity contribution < 1.29 is 28.8 Å². The van der Waals surface area contributed by atoms with E-state index in [9.17, 15) is 24.5 Å². The first-order valence-corrected chi connectivity index (χ1v) is 10.3. The second-order valence-corrected chi connectivity index (χ2v) is 7.60. The minimum Gasteiger partial charge on any atom is -0.467 e. The lowest BCUT2D eigenvalue weighted by molar-refractivity contribution is -0.385. The predicted octanol–water partition coefficient (Wildman–Crippen LogP) is 2.75. The number of amides is 2. The molecule has 0 spiro atoms. The van der Waals surface area contributed by atoms with E-state index in [4.69, 9.17) is 9.47 Å². The zero-order valence-corrected chi connectivity index (χ0v) is 18.6. The van der Waals surface area contributed by atoms with Gasteiger partial charge in [-0.25, -0.2) is 9.59 Å². The number of benzene rings is 2. The van der Waals surface area contributed by atoms with Crippen molar-refractivity contribution in [2.24, 2.45) is 5.92 Å². The van der Waals surface area contributed by atoms with Gasteiger partial charge in [-0.05, 0) is 11.5 Å². The van der Waals surface area contributed by atoms with E-state index in [2.05, 4.69) is 10.6 Å². The molecule has 2 aromatic carbocycles. The summed E-state index contributed by atoms with van der Waals surface area (Å²) >= 11 is 0. The summed E-state index contributed by atoms with van der Waals surface area (Å²) < 4.78 is 9.93. The van der Waals surface area contributed by atoms with E-state index in [1.165, 1.54) is 18.2 Å². The van der Waals surface area contributed by atoms with Gasteiger partial charge in [-0.2, -0.15) is 0 Å². The molecule has 2 rings (SSSR count). The van der Waals surface area contributed by atoms with Crippen molar-refractivity contribution >= 4 is 23.7 Å². The molecule has 0 bridgehead atoms. The molecule has 0 unspecified atom stereocenters. The second kappa shape index (κ2) is 12.2. The minimum atomic E-state index is -1.19. The molecule has 10 nitrogen and oxygen atoms in total. The van der Waals surface area contributed by atoms with Crippen LogP contribution in [0.1, 0.15) is 25.0 Å². The van der Waals surface area contributed by atoms with Crippen LogP contribution in [-0.4, -0.2) is 42.1 Å². The molecule has 0 aliphatic carbocycles. The lowest BCUT2D eigenvalue weighted by atomic mass is 10.0. The maximum Gasteiger partial charge on any atom is 0.408 e. The topological polar surface area (TPSA) is 137 Å². The number of rotatable bonds is 10. The third-order valence-corrected chi connectivity index (χ3v) is 4.85. The first-order valence-electron chi connectivity index (χ1n) is 10.3. The largest absolute Gasteiger partial charge is 0.467 e. The van der Waals surface area contributed by atoms with Gasteiger partial charge in [0.05, 0.1) is 12.0 Å². The third-order valence-electron chi connectivity index (χ3n) is 4.85. The molecule has 0 saturated carbocycles. The number of nitro groups is 1. The fourth-order valence-corrected chi connectivity index (χ4v) is 3.11. The van der Waals surface area contributed by atoms with Gasteiger partial charge in [0.2, 0.25) is 5.91 Å². The average molecular weight is 457 g/mol. The number of hydrogen-bond donors (Lipinski definition) is 2. The summed E-state index contributed by atoms with van der Waals surface area (Å²) in [5.41, 5.74) is 0.867. The lowest BCUT2D eigenvalue weighted by Gasteiger charge is -2.24. The molecule has 2 atom stereocenters. The average Bonchev–Trinajstić information content (AvgIpc) is 2.80. The number of nitro benzene ring substituents is 1. The van der Waals surface area contributed by atoms with Gasteiger partial charge < -0.3 is 20.1 Å². The molecule has 0 aliphatic heterocycles. The zero-order chi connectivity index (χ0) is 24.4. The van der Waals surface area contributed by atoms with Gasteiger partial charge in [-0.15, -0.1) is 0 Å². The molecule has 2 aromatic rings. The molecule has 2 N–H and O–H groups in total. The molecule has 176 valence electrons. The number of methoxy groups -OCH3 is 1. The maximum atomic E-state index is 12.9. The van der Waals surface area contributed by atoms with Crippen LogP contribution in [-0.2, 0) is 32.1 Å². The van der Waals surface area contributed by atoms with Crippen LogP contribution in [0.2, 0.25) is 0 Å². The molecule has 0 aliphatic rings. The van der Waals surface area contributed by atoms with E-state index in [0.717, 1.165) is 12.7 Å². The molecule has 0 radical (unpaired) electrons. The maximum absolute atomic E-state index is 12.9. The summed E-state index contributed by atoms with van der Waals surface area (Å²) in [4.78, 5) is 48.2. The van der Waals surface area contributed by atoms with Crippen molar-refractivity contribution in [2.75, 3.05) is 7.11 Å². The van der Waals surface area contributed by atoms with Crippen molar-refractivity contribution in [1.29, 1.82) is 0 Å². The summed E-state index contributed by atoms with van der Waals surface area (Å²) in [5, 5.41) is 16.3. The van der Waals surface area contributed by atoms with E-state index in [-0.39, 0.29) is 30.2 Å². The van der Waals surface area contributed by atoms with E-state index in [1.807, 2.05) is 18.2 Å². The van der Waals surface area contributed by atoms with Gasteiger partial charge in [0.25, 0.3) is 5.69 Å². The Morgan fingerprint density at radius 2 is 1.64 bits per heavy atom. The van der Waals surface area contributed by atoms with E-state index < -0.39 is 35.0 Å². The monoisotopic (exact) mass is 457 g/mol. The zero-order valence-electron chi connectivity index (χ0n) is 18.6. The Bertz CT molecular complexity index is 979. The second-order valence-electron chi connectivity index (χ2n) is 7.60. The Kier molecular flexibility index (Phi) is 9.34. The molecular weight excluding hydrogens is 430 g/mol. The molecule has 33 heavy (non-hydrogen) atoms. The molecule has 0 heterocycles. The summed E-state index contributed by atoms with van der Waals surface area (Å²) in [6, 6.07) is 12.8. The Hall–Kier alpha value is -3.95. The van der Waals surface area contributed by atoms with Crippen LogP contribution in [0.25, 0.3) is 0 Å². The normalized spacial score (nSPS) is 12.4. The van der Waals surface area contributed by atoms with Crippen LogP contribution in [0, 0.1) is 16.0 Å². The van der Waals surface area contributed by atoms with Gasteiger partial charge >= 0.3 is 12.1 Å². The van der Waals surface area contributed by atoms with Gasteiger partial charge in [0.1, 0.15) is 18.7 Å². The van der Waals surface area contributed by atoms with Crippen LogP contribution in [0.4, 0.5) is 10.5 Å². The van der Waals surface area contributed by atoms with Crippen LogP contribution in [0.3, 0.4) is 0 Å². The smallest absolute Gasteiger partial charge is 0.408 e. The first-order chi connectivity index (χ1) is 15.7. The standard InChI is InChI=1S/C23H27N3O7/c1-15(2)20(25-23(29)33-14-16-9-5-4-6-10-16)21(27)24-18(22(28)32-3)13-17-11-7-8-12-19(17)26(30)31/h4-12,15,18,20H,13-14H2,1-3H3,(H,24,27)(H,25,29)/t18-,20+/m0/s1. The molecule has 0 fully saturated rings. The van der Waals surface area contributed by atoms with Crippen molar-refractivity contribution in [1.82, 2.24) is 10.6 Å². The van der Waals surface area contributed by atoms with Gasteiger partial charge in [-0.3, -0.25) is 14.9 Å². The van der Waals surface area contributed by atoms with Crippen molar-refractivity contribution in [3.63, 3.8) is 0 Å². The quantitative estimate of drug-likeness (QED) is 0.318. The van der Waals surface area contributed by atoms with E-state index >= 15 is 0 Å². The molecule has 0 aromatic heterocycles. The highest BCUT2D eigenvalue weighted by atomic mass is 16.6. The Morgan fingerprint density at radius 3 is 2.24 bits per heavy atom. The van der Waals surface area contributed by atoms with Crippen LogP contribution < -0.4 is 10.6 Å². The summed E-state index contributed by atoms with van der Waals surface area (Å²) in [6.07, 6.45) is -0.945. The number of nitrogens with one attached hydrogen (secondary N) is 2. The third kappa shape index (κ3) is 7.60. The molecule has 10 heteroatoms. The highest BCUT2D eigenvalue weighted by Crippen LogP contribution is 2.20. The lowest BCUT2D eigenvalue weighted by Crippen LogP contribution is -2.54. The predicted molar refractivity (Wildman–Crippen MR) is 119 cm³/mol. The Labute approximate surface area is 191 Å². The van der Waals surface area contributed by atoms with Crippen molar-refractivity contribution in [3.05, 3.63) is 75.8 Å². The molecular formula is C23H27N3O7. The number of hydrogen-bond acceptors (Lipinski definition) is 7. The number of carbonyl (C=O) groups is 3. The van der Waals surface area contributed by atoms with Gasteiger partial charge in [-0.1, -0.05) is 62.4 Å². The molecule has 2 amide bonds. The Morgan fingerprint density at radius 1 is 1.00 bits per heavy atom. The fourth-order valence-electron chi connectivity index (χ4n) is 3.11. The molecule has 0 saturated heterocycles. The van der Waals surface area contributed by atoms with Gasteiger partial charge in [0, 0.05) is 18.1 Å². The Balaban J connectivity index is 2.09. The van der Waals surface area contributed by atoms with Crippen molar-refractivity contribution in [2.45, 2.75) is 39.0 Å². The van der Waals surface area contributed by atoms with Crippen LogP contribution in [0.5, 0.6) is 0 Å². The number of carbonyl (C=O) groups excluding carboxylic acids is 3. The van der Waals surface area contributed by atoms with Gasteiger partial charge in [0.15, 0.2) is 0 Å². The van der Waals surface area contributed by atoms with Crippen LogP contribution >= 0.6 is 0 Å². The summed E-state index contributed by atoms with van der Waals surface area (Å²) in [6.45, 7) is 3.47. The van der Waals surface area contributed by atoms with E-state index in [0.29, 0.717) is 0 Å². The van der Waals surface area contributed by atoms with Crippen molar-refractivity contribution in [3.8, 4) is 0 Å². The van der Waals surface area contributed by atoms with Crippen LogP contribution in [0.15, 0.2) is 54.6 Å². The SMILES string of the molecule is COC(=O)[C@H](Cc1ccccc1[N+](=O)[O-])NC(=O)[C@H](NC(=O)OCc1ccccc1)C(C)C. The number of para-hydroxylation sites is 1. The minimum absolute atomic E-state index is 0.0293. The number of nitrogens with zero attached hydrogens (tertiary/aromatic N) is 1. The number of esters is 1. The highest BCUT2D eigenvalue weighted by Gasteiger charge is 2.31. The summed E-state index contributed by atoms with van der Waals surface area (Å²) in [7, 11) is 1.15. The number of ether oxygens (including phenoxy) is 2. The number of alkyl carbamates (subject to hydrolysis) is 1.